The van der Waals surface area contributed by atoms with Crippen molar-refractivity contribution < 1.29 is 4.76 Å². The van der Waals surface area contributed by atoms with Crippen LogP contribution in [0.5, 0.6) is 0 Å². The Balaban J connectivity index is 2.09. The second-order valence-corrected chi connectivity index (χ2v) is 4.56. The first-order valence-corrected chi connectivity index (χ1v) is 5.81. The van der Waals surface area contributed by atoms with Crippen LogP contribution in [0.1, 0.15) is 25.7 Å². The van der Waals surface area contributed by atoms with Gasteiger partial charge in [0.2, 0.25) is 6.04 Å². The molecule has 1 aromatic rings. The van der Waals surface area contributed by atoms with Crippen LogP contribution >= 0.6 is 0 Å². The first kappa shape index (κ1) is 9.78. The van der Waals surface area contributed by atoms with E-state index in [1.807, 2.05) is 0 Å². The zero-order chi connectivity index (χ0) is 11.1. The SMILES string of the molecule is O=[N+]1c2ccccc2N([O-])C2CCCCC21. The Kier molecular flexibility index (Phi) is 2.17. The molecular weight excluding hydrogens is 204 g/mol. The quantitative estimate of drug-likeness (QED) is 0.629. The van der Waals surface area contributed by atoms with E-state index in [9.17, 15) is 10.1 Å². The number of anilines is 1. The second kappa shape index (κ2) is 3.56. The molecule has 0 spiro atoms. The highest BCUT2D eigenvalue weighted by Crippen LogP contribution is 2.40. The summed E-state index contributed by atoms with van der Waals surface area (Å²) in [6, 6.07) is 6.78. The maximum absolute atomic E-state index is 12.1. The summed E-state index contributed by atoms with van der Waals surface area (Å²) >= 11 is 0. The minimum absolute atomic E-state index is 0.152. The Hall–Kier alpha value is -1.42. The van der Waals surface area contributed by atoms with Gasteiger partial charge in [-0.2, -0.15) is 0 Å². The number of nitroso groups, excluding NO2 is 1. The van der Waals surface area contributed by atoms with Gasteiger partial charge in [-0.15, -0.1) is 0 Å². The molecule has 3 rings (SSSR count). The van der Waals surface area contributed by atoms with Gasteiger partial charge in [0.15, 0.2) is 0 Å². The molecule has 0 bridgehead atoms. The van der Waals surface area contributed by atoms with E-state index in [1.54, 1.807) is 24.3 Å². The summed E-state index contributed by atoms with van der Waals surface area (Å²) in [5.41, 5.74) is 1.06. The number of hydrogen-bond acceptors (Lipinski definition) is 3. The molecule has 2 atom stereocenters. The van der Waals surface area contributed by atoms with E-state index < -0.39 is 0 Å². The van der Waals surface area contributed by atoms with Gasteiger partial charge in [-0.1, -0.05) is 18.6 Å². The molecule has 0 N–H and O–H groups in total. The van der Waals surface area contributed by atoms with E-state index in [0.29, 0.717) is 11.4 Å². The Labute approximate surface area is 94.0 Å². The zero-order valence-electron chi connectivity index (χ0n) is 9.00. The first-order chi connectivity index (χ1) is 7.79. The average Bonchev–Trinajstić information content (AvgIpc) is 2.36. The highest BCUT2D eigenvalue weighted by Gasteiger charge is 2.44. The van der Waals surface area contributed by atoms with Crippen molar-refractivity contribution in [3.63, 3.8) is 0 Å². The molecule has 1 aliphatic carbocycles. The Morgan fingerprint density at radius 3 is 2.88 bits per heavy atom. The highest BCUT2D eigenvalue weighted by atomic mass is 16.5. The molecular formula is C12H14N2O2. The van der Waals surface area contributed by atoms with Crippen molar-refractivity contribution in [1.82, 2.24) is 0 Å². The van der Waals surface area contributed by atoms with Gasteiger partial charge in [0.05, 0.1) is 6.04 Å². The van der Waals surface area contributed by atoms with Crippen LogP contribution in [0.4, 0.5) is 11.4 Å². The summed E-state index contributed by atoms with van der Waals surface area (Å²) in [4.78, 5) is 12.1. The maximum atomic E-state index is 12.1. The second-order valence-electron chi connectivity index (χ2n) is 4.56. The van der Waals surface area contributed by atoms with E-state index in [1.165, 1.54) is 0 Å². The third-order valence-electron chi connectivity index (χ3n) is 3.65. The molecule has 0 radical (unpaired) electrons. The van der Waals surface area contributed by atoms with Crippen LogP contribution in [-0.2, 0) is 0 Å². The van der Waals surface area contributed by atoms with Gasteiger partial charge in [-0.05, 0) is 18.9 Å². The highest BCUT2D eigenvalue weighted by molar-refractivity contribution is 5.65. The number of fused-ring (bicyclic) bond motifs is 2. The van der Waals surface area contributed by atoms with Crippen molar-refractivity contribution in [2.75, 3.05) is 5.06 Å². The largest absolute Gasteiger partial charge is 0.758 e. The Morgan fingerprint density at radius 1 is 1.25 bits per heavy atom. The first-order valence-electron chi connectivity index (χ1n) is 5.81. The number of hydroxylamine groups is 1. The molecule has 2 unspecified atom stereocenters. The fourth-order valence-electron chi connectivity index (χ4n) is 2.83. The maximum Gasteiger partial charge on any atom is 0.278 e. The molecule has 16 heavy (non-hydrogen) atoms. The van der Waals surface area contributed by atoms with Gasteiger partial charge >= 0.3 is 0 Å². The molecule has 1 fully saturated rings. The number of rotatable bonds is 0. The topological polar surface area (TPSA) is 46.4 Å². The summed E-state index contributed by atoms with van der Waals surface area (Å²) in [7, 11) is 0. The zero-order valence-corrected chi connectivity index (χ0v) is 9.00. The van der Waals surface area contributed by atoms with Crippen LogP contribution in [0.15, 0.2) is 24.3 Å². The molecule has 4 heteroatoms. The predicted octanol–water partition coefficient (Wildman–Crippen LogP) is 2.73. The van der Waals surface area contributed by atoms with E-state index in [0.717, 1.165) is 35.5 Å². The van der Waals surface area contributed by atoms with Gasteiger partial charge in [0.1, 0.15) is 5.69 Å². The van der Waals surface area contributed by atoms with Gasteiger partial charge in [0.25, 0.3) is 5.69 Å². The van der Waals surface area contributed by atoms with Crippen LogP contribution in [0.25, 0.3) is 0 Å². The number of benzene rings is 1. The van der Waals surface area contributed by atoms with Gasteiger partial charge in [0, 0.05) is 22.2 Å². The molecule has 1 heterocycles. The molecule has 1 aliphatic heterocycles. The van der Waals surface area contributed by atoms with Crippen LogP contribution in [0, 0.1) is 10.1 Å². The van der Waals surface area contributed by atoms with E-state index in [4.69, 9.17) is 0 Å². The third kappa shape index (κ3) is 1.26. The molecule has 0 aromatic heterocycles. The van der Waals surface area contributed by atoms with Crippen LogP contribution in [0.3, 0.4) is 0 Å². The Morgan fingerprint density at radius 2 is 2.00 bits per heavy atom. The van der Waals surface area contributed by atoms with Crippen molar-refractivity contribution >= 4 is 11.4 Å². The van der Waals surface area contributed by atoms with E-state index >= 15 is 0 Å². The minimum atomic E-state index is -0.152. The van der Waals surface area contributed by atoms with Crippen molar-refractivity contribution in [3.8, 4) is 0 Å². The minimum Gasteiger partial charge on any atom is -0.758 e. The van der Waals surface area contributed by atoms with Gasteiger partial charge in [-0.25, -0.2) is 0 Å². The van der Waals surface area contributed by atoms with E-state index in [-0.39, 0.29) is 12.1 Å². The molecule has 0 saturated heterocycles. The Bertz CT molecular complexity index is 433. The lowest BCUT2D eigenvalue weighted by molar-refractivity contribution is -0.516. The van der Waals surface area contributed by atoms with Crippen molar-refractivity contribution in [3.05, 3.63) is 34.4 Å². The molecule has 84 valence electrons. The van der Waals surface area contributed by atoms with Crippen LogP contribution < -0.4 is 5.06 Å². The molecule has 1 saturated carbocycles. The standard InChI is InChI=1S/C12H14N2O2/c15-13-9-5-1-2-6-10(9)14(16)12-8-4-3-7-11(12)13/h1-2,5-6,11-12H,3-4,7-8H2. The fraction of sp³-hybridized carbons (Fsp3) is 0.500. The lowest BCUT2D eigenvalue weighted by Gasteiger charge is -2.44. The summed E-state index contributed by atoms with van der Waals surface area (Å²) in [5.74, 6) is 0. The number of para-hydroxylation sites is 2. The van der Waals surface area contributed by atoms with E-state index in [2.05, 4.69) is 0 Å². The molecule has 4 nitrogen and oxygen atoms in total. The lowest BCUT2D eigenvalue weighted by atomic mass is 9.87. The van der Waals surface area contributed by atoms with Crippen LogP contribution in [0.2, 0.25) is 0 Å². The average molecular weight is 218 g/mol. The summed E-state index contributed by atoms with van der Waals surface area (Å²) in [6.07, 6.45) is 3.77. The summed E-state index contributed by atoms with van der Waals surface area (Å²) < 4.78 is 1.05. The van der Waals surface area contributed by atoms with Crippen molar-refractivity contribution in [2.45, 2.75) is 37.8 Å². The van der Waals surface area contributed by atoms with Crippen molar-refractivity contribution in [1.29, 1.82) is 0 Å². The smallest absolute Gasteiger partial charge is 0.278 e. The predicted molar refractivity (Wildman–Crippen MR) is 61.6 cm³/mol. The fourth-order valence-corrected chi connectivity index (χ4v) is 2.83. The lowest BCUT2D eigenvalue weighted by Crippen LogP contribution is -2.50. The monoisotopic (exact) mass is 218 g/mol. The molecule has 2 aliphatic rings. The molecule has 0 amide bonds. The number of nitrogens with zero attached hydrogens (tertiary/aromatic N) is 2. The normalized spacial score (nSPS) is 28.6. The van der Waals surface area contributed by atoms with Crippen LogP contribution in [-0.4, -0.2) is 16.8 Å². The summed E-state index contributed by atoms with van der Waals surface area (Å²) in [5, 5.41) is 13.2. The third-order valence-corrected chi connectivity index (χ3v) is 3.65. The van der Waals surface area contributed by atoms with Gasteiger partial charge < -0.3 is 10.3 Å². The van der Waals surface area contributed by atoms with Crippen molar-refractivity contribution in [2.24, 2.45) is 0 Å². The summed E-state index contributed by atoms with van der Waals surface area (Å²) in [6.45, 7) is 0. The number of hydrogen-bond donors (Lipinski definition) is 0. The van der Waals surface area contributed by atoms with Gasteiger partial charge in [-0.3, -0.25) is 0 Å². The molecule has 1 aromatic carbocycles.